The van der Waals surface area contributed by atoms with Crippen LogP contribution in [0.1, 0.15) is 12.5 Å². The van der Waals surface area contributed by atoms with Gasteiger partial charge in [-0.2, -0.15) is 0 Å². The SMILES string of the molecule is COCCNC(=O)CN(C)[C@H](C)C(=O)Nc1cccc(C)c1. The second-order valence-electron chi connectivity index (χ2n) is 5.29. The highest BCUT2D eigenvalue weighted by Crippen LogP contribution is 2.10. The van der Waals surface area contributed by atoms with E-state index in [0.29, 0.717) is 13.2 Å². The third-order valence-corrected chi connectivity index (χ3v) is 3.35. The van der Waals surface area contributed by atoms with Crippen LogP contribution in [0.15, 0.2) is 24.3 Å². The van der Waals surface area contributed by atoms with Crippen LogP contribution in [0.5, 0.6) is 0 Å². The summed E-state index contributed by atoms with van der Waals surface area (Å²) in [5.41, 5.74) is 1.84. The van der Waals surface area contributed by atoms with Gasteiger partial charge >= 0.3 is 0 Å². The molecule has 1 atom stereocenters. The number of carbonyl (C=O) groups is 2. The average Bonchev–Trinajstić information content (AvgIpc) is 2.46. The molecular weight excluding hydrogens is 282 g/mol. The van der Waals surface area contributed by atoms with Crippen LogP contribution in [0.25, 0.3) is 0 Å². The smallest absolute Gasteiger partial charge is 0.241 e. The van der Waals surface area contributed by atoms with E-state index in [9.17, 15) is 9.59 Å². The lowest BCUT2D eigenvalue weighted by molar-refractivity contribution is -0.125. The molecule has 1 aromatic rings. The number of methoxy groups -OCH3 is 1. The largest absolute Gasteiger partial charge is 0.383 e. The summed E-state index contributed by atoms with van der Waals surface area (Å²) in [6.07, 6.45) is 0. The maximum absolute atomic E-state index is 12.2. The summed E-state index contributed by atoms with van der Waals surface area (Å²) in [4.78, 5) is 25.6. The van der Waals surface area contributed by atoms with Crippen LogP contribution in [0, 0.1) is 6.92 Å². The molecule has 122 valence electrons. The fourth-order valence-corrected chi connectivity index (χ4v) is 1.88. The summed E-state index contributed by atoms with van der Waals surface area (Å²) in [5.74, 6) is -0.271. The zero-order valence-corrected chi connectivity index (χ0v) is 13.7. The fourth-order valence-electron chi connectivity index (χ4n) is 1.88. The summed E-state index contributed by atoms with van der Waals surface area (Å²) in [5, 5.41) is 5.58. The van der Waals surface area contributed by atoms with E-state index in [1.807, 2.05) is 31.2 Å². The lowest BCUT2D eigenvalue weighted by Gasteiger charge is -2.23. The number of rotatable bonds is 8. The summed E-state index contributed by atoms with van der Waals surface area (Å²) in [7, 11) is 3.33. The van der Waals surface area contributed by atoms with Crippen LogP contribution in [0.2, 0.25) is 0 Å². The highest BCUT2D eigenvalue weighted by atomic mass is 16.5. The molecule has 0 aliphatic heterocycles. The number of benzene rings is 1. The van der Waals surface area contributed by atoms with Crippen molar-refractivity contribution in [2.45, 2.75) is 19.9 Å². The number of amides is 2. The van der Waals surface area contributed by atoms with E-state index in [4.69, 9.17) is 4.74 Å². The predicted molar refractivity (Wildman–Crippen MR) is 86.8 cm³/mol. The Labute approximate surface area is 131 Å². The highest BCUT2D eigenvalue weighted by molar-refractivity contribution is 5.95. The second kappa shape index (κ2) is 9.17. The van der Waals surface area contributed by atoms with E-state index in [1.54, 1.807) is 26.0 Å². The monoisotopic (exact) mass is 307 g/mol. The first-order chi connectivity index (χ1) is 10.4. The molecule has 0 heterocycles. The Morgan fingerprint density at radius 3 is 2.73 bits per heavy atom. The molecule has 0 saturated heterocycles. The lowest BCUT2D eigenvalue weighted by Crippen LogP contribution is -2.45. The third kappa shape index (κ3) is 6.24. The first-order valence-corrected chi connectivity index (χ1v) is 7.27. The van der Waals surface area contributed by atoms with Crippen molar-refractivity contribution in [3.8, 4) is 0 Å². The van der Waals surface area contributed by atoms with Crippen LogP contribution in [-0.2, 0) is 14.3 Å². The van der Waals surface area contributed by atoms with Gasteiger partial charge in [-0.15, -0.1) is 0 Å². The quantitative estimate of drug-likeness (QED) is 0.703. The lowest BCUT2D eigenvalue weighted by atomic mass is 10.2. The van der Waals surface area contributed by atoms with Gasteiger partial charge in [0.05, 0.1) is 19.2 Å². The highest BCUT2D eigenvalue weighted by Gasteiger charge is 2.20. The first kappa shape index (κ1) is 18.1. The van der Waals surface area contributed by atoms with Gasteiger partial charge in [0.15, 0.2) is 0 Å². The van der Waals surface area contributed by atoms with Crippen molar-refractivity contribution in [3.63, 3.8) is 0 Å². The summed E-state index contributed by atoms with van der Waals surface area (Å²) in [6, 6.07) is 7.20. The van der Waals surface area contributed by atoms with Gasteiger partial charge in [-0.25, -0.2) is 0 Å². The van der Waals surface area contributed by atoms with Gasteiger partial charge in [0.25, 0.3) is 0 Å². The second-order valence-corrected chi connectivity index (χ2v) is 5.29. The normalized spacial score (nSPS) is 12.0. The molecule has 6 heteroatoms. The Kier molecular flexibility index (Phi) is 7.56. The maximum Gasteiger partial charge on any atom is 0.241 e. The van der Waals surface area contributed by atoms with Crippen molar-refractivity contribution in [2.75, 3.05) is 39.2 Å². The van der Waals surface area contributed by atoms with E-state index < -0.39 is 6.04 Å². The van der Waals surface area contributed by atoms with Crippen LogP contribution >= 0.6 is 0 Å². The molecule has 2 amide bonds. The maximum atomic E-state index is 12.2. The van der Waals surface area contributed by atoms with E-state index in [-0.39, 0.29) is 18.4 Å². The molecule has 0 aromatic heterocycles. The van der Waals surface area contributed by atoms with Crippen LogP contribution in [0.3, 0.4) is 0 Å². The number of carbonyl (C=O) groups excluding carboxylic acids is 2. The van der Waals surface area contributed by atoms with Crippen LogP contribution < -0.4 is 10.6 Å². The third-order valence-electron chi connectivity index (χ3n) is 3.35. The minimum Gasteiger partial charge on any atom is -0.383 e. The Bertz CT molecular complexity index is 505. The van der Waals surface area contributed by atoms with Crippen LogP contribution in [0.4, 0.5) is 5.69 Å². The topological polar surface area (TPSA) is 70.7 Å². The number of nitrogens with one attached hydrogen (secondary N) is 2. The molecule has 2 N–H and O–H groups in total. The molecule has 0 spiro atoms. The molecule has 0 unspecified atom stereocenters. The first-order valence-electron chi connectivity index (χ1n) is 7.27. The molecule has 0 radical (unpaired) electrons. The molecule has 0 aliphatic rings. The Balaban J connectivity index is 2.46. The molecule has 6 nitrogen and oxygen atoms in total. The fraction of sp³-hybridized carbons (Fsp3) is 0.500. The molecular formula is C16H25N3O3. The van der Waals surface area contributed by atoms with Gasteiger partial charge in [-0.05, 0) is 38.6 Å². The van der Waals surface area contributed by atoms with Gasteiger partial charge in [0, 0.05) is 19.3 Å². The van der Waals surface area contributed by atoms with Crippen molar-refractivity contribution in [1.82, 2.24) is 10.2 Å². The zero-order chi connectivity index (χ0) is 16.5. The van der Waals surface area contributed by atoms with Gasteiger partial charge in [-0.3, -0.25) is 14.5 Å². The van der Waals surface area contributed by atoms with Gasteiger partial charge in [0.1, 0.15) is 0 Å². The number of hydrogen-bond acceptors (Lipinski definition) is 4. The number of aryl methyl sites for hydroxylation is 1. The van der Waals surface area contributed by atoms with Crippen molar-refractivity contribution in [1.29, 1.82) is 0 Å². The Morgan fingerprint density at radius 2 is 2.09 bits per heavy atom. The number of likely N-dealkylation sites (N-methyl/N-ethyl adjacent to an activating group) is 1. The Morgan fingerprint density at radius 1 is 1.36 bits per heavy atom. The summed E-state index contributed by atoms with van der Waals surface area (Å²) < 4.78 is 4.87. The molecule has 22 heavy (non-hydrogen) atoms. The van der Waals surface area contributed by atoms with Crippen molar-refractivity contribution >= 4 is 17.5 Å². The molecule has 0 fully saturated rings. The number of hydrogen-bond donors (Lipinski definition) is 2. The number of nitrogens with zero attached hydrogens (tertiary/aromatic N) is 1. The van der Waals surface area contributed by atoms with Crippen molar-refractivity contribution < 1.29 is 14.3 Å². The summed E-state index contributed by atoms with van der Waals surface area (Å²) >= 11 is 0. The molecule has 0 bridgehead atoms. The van der Waals surface area contributed by atoms with Gasteiger partial charge in [0.2, 0.25) is 11.8 Å². The Hall–Kier alpha value is -1.92. The van der Waals surface area contributed by atoms with Gasteiger partial charge < -0.3 is 15.4 Å². The predicted octanol–water partition coefficient (Wildman–Crippen LogP) is 1.02. The van der Waals surface area contributed by atoms with Crippen molar-refractivity contribution in [2.24, 2.45) is 0 Å². The number of ether oxygens (including phenoxy) is 1. The van der Waals surface area contributed by atoms with Crippen LogP contribution in [-0.4, -0.2) is 56.6 Å². The average molecular weight is 307 g/mol. The van der Waals surface area contributed by atoms with E-state index >= 15 is 0 Å². The molecule has 1 aromatic carbocycles. The standard InChI is InChI=1S/C16H25N3O3/c1-12-6-5-7-14(10-12)18-16(21)13(2)19(3)11-15(20)17-8-9-22-4/h5-7,10,13H,8-9,11H2,1-4H3,(H,17,20)(H,18,21)/t13-/m1/s1. The summed E-state index contributed by atoms with van der Waals surface area (Å²) in [6.45, 7) is 4.83. The number of anilines is 1. The minimum absolute atomic E-state index is 0.130. The van der Waals surface area contributed by atoms with Gasteiger partial charge in [-0.1, -0.05) is 12.1 Å². The molecule has 1 rings (SSSR count). The minimum atomic E-state index is -0.409. The van der Waals surface area contributed by atoms with E-state index in [0.717, 1.165) is 11.3 Å². The van der Waals surface area contributed by atoms with E-state index in [1.165, 1.54) is 0 Å². The van der Waals surface area contributed by atoms with Crippen molar-refractivity contribution in [3.05, 3.63) is 29.8 Å². The zero-order valence-electron chi connectivity index (χ0n) is 13.7. The molecule has 0 saturated carbocycles. The molecule has 0 aliphatic carbocycles. The van der Waals surface area contributed by atoms with E-state index in [2.05, 4.69) is 10.6 Å².